The largest absolute Gasteiger partial charge is 0.486 e. The van der Waals surface area contributed by atoms with Gasteiger partial charge in [-0.25, -0.2) is 15.0 Å². The van der Waals surface area contributed by atoms with Crippen molar-refractivity contribution in [3.8, 4) is 17.1 Å². The summed E-state index contributed by atoms with van der Waals surface area (Å²) in [6, 6.07) is 10.6. The molecule has 5 rings (SSSR count). The van der Waals surface area contributed by atoms with E-state index in [1.165, 1.54) is 0 Å². The maximum Gasteiger partial charge on any atom is 0.184 e. The van der Waals surface area contributed by atoms with E-state index in [1.807, 2.05) is 19.2 Å². The number of ether oxygens (including phenoxy) is 2. The maximum atomic E-state index is 6.27. The van der Waals surface area contributed by atoms with Crippen LogP contribution in [0, 0.1) is 0 Å². The Labute approximate surface area is 192 Å². The molecule has 0 bridgehead atoms. The number of hydrogen-bond donors (Lipinski definition) is 1. The zero-order valence-electron chi connectivity index (χ0n) is 19.2. The summed E-state index contributed by atoms with van der Waals surface area (Å²) in [5.41, 5.74) is 2.85. The number of fused-ring (bicyclic) bond motifs is 4. The SMILES string of the molecule is CNc1ccc2cc(-c3nc4c(c(C(C)(C)SC)n3)OC[C@@H]3COC[C@@H](C)N43)ccc2n1. The van der Waals surface area contributed by atoms with Crippen LogP contribution in [-0.4, -0.2) is 60.2 Å². The van der Waals surface area contributed by atoms with Gasteiger partial charge in [-0.1, -0.05) is 0 Å². The molecule has 1 aromatic carbocycles. The Balaban J connectivity index is 1.68. The molecular formula is C24H29N5O2S. The molecule has 4 heterocycles. The lowest BCUT2D eigenvalue weighted by molar-refractivity contribution is 0.0482. The van der Waals surface area contributed by atoms with Crippen molar-refractivity contribution in [3.63, 3.8) is 0 Å². The van der Waals surface area contributed by atoms with Gasteiger partial charge in [0.25, 0.3) is 0 Å². The Hall–Kier alpha value is -2.58. The van der Waals surface area contributed by atoms with Crippen LogP contribution < -0.4 is 15.0 Å². The van der Waals surface area contributed by atoms with Gasteiger partial charge in [0, 0.05) is 18.0 Å². The summed E-state index contributed by atoms with van der Waals surface area (Å²) in [7, 11) is 1.88. The minimum atomic E-state index is -0.218. The van der Waals surface area contributed by atoms with Gasteiger partial charge < -0.3 is 19.7 Å². The van der Waals surface area contributed by atoms with E-state index >= 15 is 0 Å². The summed E-state index contributed by atoms with van der Waals surface area (Å²) >= 11 is 1.76. The van der Waals surface area contributed by atoms with Crippen LogP contribution in [0.2, 0.25) is 0 Å². The van der Waals surface area contributed by atoms with Gasteiger partial charge in [-0.15, -0.1) is 0 Å². The van der Waals surface area contributed by atoms with Gasteiger partial charge >= 0.3 is 0 Å². The third kappa shape index (κ3) is 3.55. The smallest absolute Gasteiger partial charge is 0.184 e. The van der Waals surface area contributed by atoms with E-state index in [9.17, 15) is 0 Å². The molecule has 3 aromatic rings. The lowest BCUT2D eigenvalue weighted by Gasteiger charge is -2.45. The summed E-state index contributed by atoms with van der Waals surface area (Å²) in [6.45, 7) is 8.49. The average molecular weight is 452 g/mol. The van der Waals surface area contributed by atoms with Gasteiger partial charge in [0.2, 0.25) is 0 Å². The third-order valence-corrected chi connectivity index (χ3v) is 7.55. The molecule has 1 fully saturated rings. The summed E-state index contributed by atoms with van der Waals surface area (Å²) < 4.78 is 11.8. The standard InChI is InChI=1S/C24H29N5O2S/c1-14-11-30-12-17-13-31-20-21(24(2,3)32-5)27-22(28-23(20)29(14)17)16-6-8-18-15(10-16)7-9-19(25-4)26-18/h6-10,14,17H,11-13H2,1-5H3,(H,25,26)/t14-,17+/m1/s1. The topological polar surface area (TPSA) is 72.4 Å². The molecule has 7 nitrogen and oxygen atoms in total. The van der Waals surface area contributed by atoms with E-state index in [0.29, 0.717) is 25.6 Å². The molecule has 2 aliphatic rings. The second kappa shape index (κ2) is 8.08. The minimum Gasteiger partial charge on any atom is -0.486 e. The molecule has 2 aliphatic heterocycles. The molecule has 0 spiro atoms. The van der Waals surface area contributed by atoms with Gasteiger partial charge in [-0.2, -0.15) is 11.8 Å². The highest BCUT2D eigenvalue weighted by atomic mass is 32.2. The van der Waals surface area contributed by atoms with Crippen molar-refractivity contribution in [2.45, 2.75) is 37.6 Å². The van der Waals surface area contributed by atoms with Crippen molar-refractivity contribution in [1.29, 1.82) is 0 Å². The lowest BCUT2D eigenvalue weighted by Crippen LogP contribution is -2.56. The van der Waals surface area contributed by atoms with Gasteiger partial charge in [0.05, 0.1) is 35.6 Å². The highest BCUT2D eigenvalue weighted by Crippen LogP contribution is 2.46. The molecule has 0 radical (unpaired) electrons. The van der Waals surface area contributed by atoms with Crippen molar-refractivity contribution >= 4 is 34.3 Å². The molecule has 0 saturated carbocycles. The first-order valence-corrected chi connectivity index (χ1v) is 12.2. The highest BCUT2D eigenvalue weighted by Gasteiger charge is 2.40. The Morgan fingerprint density at radius 2 is 1.94 bits per heavy atom. The summed E-state index contributed by atoms with van der Waals surface area (Å²) in [5.74, 6) is 3.24. The summed E-state index contributed by atoms with van der Waals surface area (Å²) in [6.07, 6.45) is 2.11. The van der Waals surface area contributed by atoms with Crippen LogP contribution in [0.25, 0.3) is 22.3 Å². The lowest BCUT2D eigenvalue weighted by atomic mass is 10.0. The number of anilines is 2. The van der Waals surface area contributed by atoms with Crippen LogP contribution in [0.1, 0.15) is 26.5 Å². The van der Waals surface area contributed by atoms with E-state index in [1.54, 1.807) is 11.8 Å². The predicted molar refractivity (Wildman–Crippen MR) is 131 cm³/mol. The predicted octanol–water partition coefficient (Wildman–Crippen LogP) is 4.32. The quantitative estimate of drug-likeness (QED) is 0.629. The molecule has 1 N–H and O–H groups in total. The summed E-state index contributed by atoms with van der Waals surface area (Å²) in [5, 5.41) is 4.15. The van der Waals surface area contributed by atoms with Crippen molar-refractivity contribution in [2.24, 2.45) is 0 Å². The number of nitrogens with one attached hydrogen (secondary N) is 1. The number of rotatable bonds is 4. The fourth-order valence-electron chi connectivity index (χ4n) is 4.37. The molecule has 0 aliphatic carbocycles. The highest BCUT2D eigenvalue weighted by molar-refractivity contribution is 7.99. The van der Waals surface area contributed by atoms with E-state index in [-0.39, 0.29) is 16.8 Å². The van der Waals surface area contributed by atoms with Gasteiger partial charge in [0.15, 0.2) is 17.4 Å². The van der Waals surface area contributed by atoms with E-state index in [2.05, 4.69) is 60.4 Å². The van der Waals surface area contributed by atoms with Crippen molar-refractivity contribution in [1.82, 2.24) is 15.0 Å². The number of benzene rings is 1. The number of morpholine rings is 1. The molecule has 0 amide bonds. The molecule has 8 heteroatoms. The minimum absolute atomic E-state index is 0.167. The van der Waals surface area contributed by atoms with E-state index < -0.39 is 0 Å². The fourth-order valence-corrected chi connectivity index (χ4v) is 4.70. The van der Waals surface area contributed by atoms with E-state index in [4.69, 9.17) is 19.4 Å². The molecule has 2 atom stereocenters. The van der Waals surface area contributed by atoms with Gasteiger partial charge in [0.1, 0.15) is 18.1 Å². The van der Waals surface area contributed by atoms with Crippen LogP contribution in [0.3, 0.4) is 0 Å². The number of nitrogens with zero attached hydrogens (tertiary/aromatic N) is 4. The number of pyridine rings is 1. The Morgan fingerprint density at radius 1 is 1.09 bits per heavy atom. The first-order chi connectivity index (χ1) is 15.4. The zero-order chi connectivity index (χ0) is 22.5. The van der Waals surface area contributed by atoms with Crippen LogP contribution >= 0.6 is 11.8 Å². The second-order valence-corrected chi connectivity index (χ2v) is 10.3. The van der Waals surface area contributed by atoms with Gasteiger partial charge in [-0.05, 0) is 57.4 Å². The van der Waals surface area contributed by atoms with Crippen molar-refractivity contribution in [3.05, 3.63) is 36.0 Å². The first-order valence-electron chi connectivity index (χ1n) is 11.0. The average Bonchev–Trinajstić information content (AvgIpc) is 2.82. The van der Waals surface area contributed by atoms with Crippen LogP contribution in [-0.2, 0) is 9.48 Å². The number of thioether (sulfide) groups is 1. The fraction of sp³-hybridized carbons (Fsp3) is 0.458. The van der Waals surface area contributed by atoms with Crippen LogP contribution in [0.15, 0.2) is 30.3 Å². The second-order valence-electron chi connectivity index (χ2n) is 8.88. The van der Waals surface area contributed by atoms with Crippen LogP contribution in [0.5, 0.6) is 5.75 Å². The summed E-state index contributed by atoms with van der Waals surface area (Å²) in [4.78, 5) is 17.1. The number of aromatic nitrogens is 3. The first kappa shape index (κ1) is 21.3. The Morgan fingerprint density at radius 3 is 2.72 bits per heavy atom. The number of hydrogen-bond acceptors (Lipinski definition) is 8. The zero-order valence-corrected chi connectivity index (χ0v) is 20.0. The van der Waals surface area contributed by atoms with Gasteiger partial charge in [-0.3, -0.25) is 0 Å². The molecule has 1 saturated heterocycles. The third-order valence-electron chi connectivity index (χ3n) is 6.33. The molecule has 32 heavy (non-hydrogen) atoms. The van der Waals surface area contributed by atoms with Crippen LogP contribution in [0.4, 0.5) is 11.6 Å². The van der Waals surface area contributed by atoms with E-state index in [0.717, 1.165) is 39.5 Å². The monoisotopic (exact) mass is 451 g/mol. The van der Waals surface area contributed by atoms with Crippen molar-refractivity contribution < 1.29 is 9.47 Å². The Kier molecular flexibility index (Phi) is 5.37. The normalized spacial score (nSPS) is 20.5. The molecular weight excluding hydrogens is 422 g/mol. The molecule has 168 valence electrons. The molecule has 0 unspecified atom stereocenters. The maximum absolute atomic E-state index is 6.27. The molecule has 2 aromatic heterocycles. The van der Waals surface area contributed by atoms with Crippen molar-refractivity contribution in [2.75, 3.05) is 43.3 Å². The Bertz CT molecular complexity index is 1170.